The third kappa shape index (κ3) is 4.96. The Morgan fingerprint density at radius 2 is 2.16 bits per heavy atom. The zero-order chi connectivity index (χ0) is 14.6. The summed E-state index contributed by atoms with van der Waals surface area (Å²) in [6.07, 6.45) is 0. The molecule has 1 aromatic heterocycles. The number of aliphatic hydroxyl groups is 1. The summed E-state index contributed by atoms with van der Waals surface area (Å²) in [6, 6.07) is 0. The molecule has 1 rings (SSSR count). The Morgan fingerprint density at radius 1 is 1.53 bits per heavy atom. The van der Waals surface area contributed by atoms with Crippen LogP contribution in [0.3, 0.4) is 0 Å². The van der Waals surface area contributed by atoms with E-state index in [4.69, 9.17) is 0 Å². The second kappa shape index (κ2) is 6.12. The molecule has 0 radical (unpaired) electrons. The molecule has 0 atom stereocenters. The lowest BCUT2D eigenvalue weighted by Crippen LogP contribution is -2.42. The molecule has 0 bridgehead atoms. The summed E-state index contributed by atoms with van der Waals surface area (Å²) >= 11 is 1.20. The highest BCUT2D eigenvalue weighted by molar-refractivity contribution is 7.14. The van der Waals surface area contributed by atoms with Crippen molar-refractivity contribution in [3.05, 3.63) is 11.1 Å². The SMILES string of the molecule is CCN(CC(C)(C)O)C(=O)c1csc(NC(C)=O)n1. The fourth-order valence-corrected chi connectivity index (χ4v) is 2.27. The lowest BCUT2D eigenvalue weighted by molar-refractivity contribution is -0.114. The van der Waals surface area contributed by atoms with E-state index in [0.717, 1.165) is 0 Å². The molecule has 0 aromatic carbocycles. The van der Waals surface area contributed by atoms with Crippen molar-refractivity contribution in [2.24, 2.45) is 0 Å². The number of nitrogens with zero attached hydrogens (tertiary/aromatic N) is 2. The van der Waals surface area contributed by atoms with E-state index in [9.17, 15) is 14.7 Å². The third-order valence-electron chi connectivity index (χ3n) is 2.25. The predicted octanol–water partition coefficient (Wildman–Crippen LogP) is 1.33. The highest BCUT2D eigenvalue weighted by atomic mass is 32.1. The molecule has 1 heterocycles. The first-order valence-corrected chi connectivity index (χ1v) is 6.85. The van der Waals surface area contributed by atoms with Crippen LogP contribution in [0, 0.1) is 0 Å². The van der Waals surface area contributed by atoms with Crippen molar-refractivity contribution in [3.63, 3.8) is 0 Å². The monoisotopic (exact) mass is 285 g/mol. The van der Waals surface area contributed by atoms with Gasteiger partial charge in [0.25, 0.3) is 5.91 Å². The first kappa shape index (κ1) is 15.6. The lowest BCUT2D eigenvalue weighted by Gasteiger charge is -2.27. The number of anilines is 1. The Morgan fingerprint density at radius 3 is 2.63 bits per heavy atom. The van der Waals surface area contributed by atoms with Gasteiger partial charge in [-0.2, -0.15) is 0 Å². The minimum atomic E-state index is -0.956. The van der Waals surface area contributed by atoms with Crippen molar-refractivity contribution in [3.8, 4) is 0 Å². The van der Waals surface area contributed by atoms with Crippen LogP contribution in [0.5, 0.6) is 0 Å². The van der Waals surface area contributed by atoms with Gasteiger partial charge in [0.1, 0.15) is 5.69 Å². The van der Waals surface area contributed by atoms with Crippen molar-refractivity contribution < 1.29 is 14.7 Å². The van der Waals surface area contributed by atoms with Gasteiger partial charge in [0.05, 0.1) is 5.60 Å². The molecule has 0 aliphatic carbocycles. The van der Waals surface area contributed by atoms with Crippen molar-refractivity contribution in [2.45, 2.75) is 33.3 Å². The van der Waals surface area contributed by atoms with Gasteiger partial charge in [-0.05, 0) is 20.8 Å². The topological polar surface area (TPSA) is 82.5 Å². The van der Waals surface area contributed by atoms with Gasteiger partial charge >= 0.3 is 0 Å². The Kier molecular flexibility index (Phi) is 5.02. The molecule has 2 N–H and O–H groups in total. The molecule has 19 heavy (non-hydrogen) atoms. The number of hydrogen-bond donors (Lipinski definition) is 2. The summed E-state index contributed by atoms with van der Waals surface area (Å²) < 4.78 is 0. The number of amides is 2. The number of carbonyl (C=O) groups excluding carboxylic acids is 2. The fourth-order valence-electron chi connectivity index (χ4n) is 1.54. The van der Waals surface area contributed by atoms with Gasteiger partial charge < -0.3 is 15.3 Å². The van der Waals surface area contributed by atoms with Crippen LogP contribution in [-0.4, -0.2) is 45.5 Å². The van der Waals surface area contributed by atoms with E-state index in [2.05, 4.69) is 10.3 Å². The molecule has 0 aliphatic rings. The summed E-state index contributed by atoms with van der Waals surface area (Å²) in [5.41, 5.74) is -0.679. The molecule has 1 aromatic rings. The highest BCUT2D eigenvalue weighted by Crippen LogP contribution is 2.17. The van der Waals surface area contributed by atoms with Crippen LogP contribution in [0.15, 0.2) is 5.38 Å². The number of thiazole rings is 1. The average molecular weight is 285 g/mol. The van der Waals surface area contributed by atoms with Gasteiger partial charge in [-0.25, -0.2) is 4.98 Å². The van der Waals surface area contributed by atoms with Crippen LogP contribution in [0.1, 0.15) is 38.2 Å². The molecule has 0 fully saturated rings. The molecule has 0 aliphatic heterocycles. The van der Waals surface area contributed by atoms with Gasteiger partial charge in [-0.1, -0.05) is 0 Å². The van der Waals surface area contributed by atoms with E-state index < -0.39 is 5.60 Å². The zero-order valence-electron chi connectivity index (χ0n) is 11.6. The maximum atomic E-state index is 12.2. The number of likely N-dealkylation sites (N-methyl/N-ethyl adjacent to an activating group) is 1. The fraction of sp³-hybridized carbons (Fsp3) is 0.583. The molecule has 7 heteroatoms. The van der Waals surface area contributed by atoms with E-state index >= 15 is 0 Å². The molecule has 0 spiro atoms. The third-order valence-corrected chi connectivity index (χ3v) is 3.01. The van der Waals surface area contributed by atoms with Gasteiger partial charge in [0.15, 0.2) is 5.13 Å². The summed E-state index contributed by atoms with van der Waals surface area (Å²) in [4.78, 5) is 28.7. The number of nitrogens with one attached hydrogen (secondary N) is 1. The number of rotatable bonds is 5. The maximum Gasteiger partial charge on any atom is 0.273 e. The van der Waals surface area contributed by atoms with Crippen molar-refractivity contribution in [2.75, 3.05) is 18.4 Å². The van der Waals surface area contributed by atoms with Gasteiger partial charge in [0, 0.05) is 25.4 Å². The smallest absolute Gasteiger partial charge is 0.273 e. The molecular formula is C12H19N3O3S. The maximum absolute atomic E-state index is 12.2. The molecule has 6 nitrogen and oxygen atoms in total. The van der Waals surface area contributed by atoms with E-state index in [-0.39, 0.29) is 24.1 Å². The first-order chi connectivity index (χ1) is 8.73. The van der Waals surface area contributed by atoms with E-state index in [1.54, 1.807) is 19.2 Å². The Hall–Kier alpha value is -1.47. The number of aromatic nitrogens is 1. The largest absolute Gasteiger partial charge is 0.389 e. The van der Waals surface area contributed by atoms with E-state index in [1.165, 1.54) is 23.2 Å². The quantitative estimate of drug-likeness (QED) is 0.855. The molecule has 0 saturated heterocycles. The molecule has 0 unspecified atom stereocenters. The first-order valence-electron chi connectivity index (χ1n) is 5.97. The van der Waals surface area contributed by atoms with Crippen LogP contribution in [0.25, 0.3) is 0 Å². The van der Waals surface area contributed by atoms with Crippen molar-refractivity contribution in [1.29, 1.82) is 0 Å². The van der Waals surface area contributed by atoms with Crippen LogP contribution in [-0.2, 0) is 4.79 Å². The summed E-state index contributed by atoms with van der Waals surface area (Å²) in [5, 5.41) is 14.3. The van der Waals surface area contributed by atoms with E-state index in [0.29, 0.717) is 11.7 Å². The van der Waals surface area contributed by atoms with Crippen LogP contribution in [0.2, 0.25) is 0 Å². The average Bonchev–Trinajstić information content (AvgIpc) is 2.71. The Balaban J connectivity index is 2.80. The second-order valence-corrected chi connectivity index (χ2v) is 5.71. The van der Waals surface area contributed by atoms with Crippen molar-refractivity contribution in [1.82, 2.24) is 9.88 Å². The lowest BCUT2D eigenvalue weighted by atomic mass is 10.1. The summed E-state index contributed by atoms with van der Waals surface area (Å²) in [6.45, 7) is 7.23. The molecule has 106 valence electrons. The standard InChI is InChI=1S/C12H19N3O3S/c1-5-15(7-12(3,4)18)10(17)9-6-19-11(14-9)13-8(2)16/h6,18H,5,7H2,1-4H3,(H,13,14,16). The van der Waals surface area contributed by atoms with Crippen LogP contribution >= 0.6 is 11.3 Å². The van der Waals surface area contributed by atoms with Crippen molar-refractivity contribution >= 4 is 28.3 Å². The Bertz CT molecular complexity index is 465. The molecular weight excluding hydrogens is 266 g/mol. The zero-order valence-corrected chi connectivity index (χ0v) is 12.4. The summed E-state index contributed by atoms with van der Waals surface area (Å²) in [7, 11) is 0. The van der Waals surface area contributed by atoms with Gasteiger partial charge in [-0.15, -0.1) is 11.3 Å². The predicted molar refractivity (Wildman–Crippen MR) is 74.3 cm³/mol. The van der Waals surface area contributed by atoms with Crippen LogP contribution in [0.4, 0.5) is 5.13 Å². The minimum Gasteiger partial charge on any atom is -0.389 e. The number of carbonyl (C=O) groups is 2. The van der Waals surface area contributed by atoms with Crippen LogP contribution < -0.4 is 5.32 Å². The molecule has 2 amide bonds. The second-order valence-electron chi connectivity index (χ2n) is 4.85. The van der Waals surface area contributed by atoms with Gasteiger partial charge in [-0.3, -0.25) is 9.59 Å². The number of hydrogen-bond acceptors (Lipinski definition) is 5. The van der Waals surface area contributed by atoms with E-state index in [1.807, 2.05) is 6.92 Å². The Labute approximate surface area is 116 Å². The van der Waals surface area contributed by atoms with Gasteiger partial charge in [0.2, 0.25) is 5.91 Å². The summed E-state index contributed by atoms with van der Waals surface area (Å²) in [5.74, 6) is -0.477. The minimum absolute atomic E-state index is 0.225. The normalized spacial score (nSPS) is 11.2. The molecule has 0 saturated carbocycles. The highest BCUT2D eigenvalue weighted by Gasteiger charge is 2.23.